The van der Waals surface area contributed by atoms with Crippen LogP contribution < -0.4 is 0 Å². The fourth-order valence-corrected chi connectivity index (χ4v) is 3.27. The standard InChI is InChI=1S/C19H23NO/c21-13-7-6-12-20-14-17-10-4-5-11-18(17)19(15-20)16-8-2-1-3-9-16/h1-5,8-11,19,21H,6-7,12-15H2. The van der Waals surface area contributed by atoms with Crippen molar-refractivity contribution in [1.82, 2.24) is 4.90 Å². The Morgan fingerprint density at radius 2 is 1.71 bits per heavy atom. The Balaban J connectivity index is 1.84. The molecular weight excluding hydrogens is 258 g/mol. The highest BCUT2D eigenvalue weighted by molar-refractivity contribution is 5.40. The van der Waals surface area contributed by atoms with Crippen LogP contribution in [-0.4, -0.2) is 29.7 Å². The van der Waals surface area contributed by atoms with Gasteiger partial charge in [-0.25, -0.2) is 0 Å². The summed E-state index contributed by atoms with van der Waals surface area (Å²) in [6, 6.07) is 19.6. The number of rotatable bonds is 5. The van der Waals surface area contributed by atoms with E-state index in [1.807, 2.05) is 0 Å². The van der Waals surface area contributed by atoms with Crippen molar-refractivity contribution in [1.29, 1.82) is 0 Å². The Morgan fingerprint density at radius 1 is 0.952 bits per heavy atom. The third kappa shape index (κ3) is 3.34. The molecule has 0 aromatic heterocycles. The van der Waals surface area contributed by atoms with Gasteiger partial charge in [-0.05, 0) is 36.1 Å². The summed E-state index contributed by atoms with van der Waals surface area (Å²) in [6.45, 7) is 3.47. The molecule has 1 heterocycles. The first-order chi connectivity index (χ1) is 10.4. The highest BCUT2D eigenvalue weighted by atomic mass is 16.2. The third-order valence-corrected chi connectivity index (χ3v) is 4.35. The van der Waals surface area contributed by atoms with E-state index in [1.165, 1.54) is 16.7 Å². The summed E-state index contributed by atoms with van der Waals surface area (Å²) in [7, 11) is 0. The first kappa shape index (κ1) is 14.3. The summed E-state index contributed by atoms with van der Waals surface area (Å²) in [6.07, 6.45) is 1.97. The number of unbranched alkanes of at least 4 members (excludes halogenated alkanes) is 1. The van der Waals surface area contributed by atoms with Crippen LogP contribution in [0.2, 0.25) is 0 Å². The Kier molecular flexibility index (Phi) is 4.69. The smallest absolute Gasteiger partial charge is 0.0431 e. The molecule has 1 unspecified atom stereocenters. The van der Waals surface area contributed by atoms with Crippen molar-refractivity contribution in [2.75, 3.05) is 19.7 Å². The van der Waals surface area contributed by atoms with Crippen molar-refractivity contribution in [3.63, 3.8) is 0 Å². The zero-order valence-electron chi connectivity index (χ0n) is 12.4. The summed E-state index contributed by atoms with van der Waals surface area (Å²) < 4.78 is 0. The van der Waals surface area contributed by atoms with Crippen molar-refractivity contribution in [3.05, 3.63) is 71.3 Å². The molecule has 2 aromatic rings. The van der Waals surface area contributed by atoms with Crippen LogP contribution in [0, 0.1) is 0 Å². The lowest BCUT2D eigenvalue weighted by Gasteiger charge is -2.35. The van der Waals surface area contributed by atoms with Crippen LogP contribution in [0.5, 0.6) is 0 Å². The van der Waals surface area contributed by atoms with E-state index in [1.54, 1.807) is 0 Å². The van der Waals surface area contributed by atoms with Gasteiger partial charge in [-0.2, -0.15) is 0 Å². The number of aliphatic hydroxyl groups excluding tert-OH is 1. The molecule has 0 saturated carbocycles. The van der Waals surface area contributed by atoms with Crippen molar-refractivity contribution in [3.8, 4) is 0 Å². The molecule has 2 heteroatoms. The molecule has 0 fully saturated rings. The number of aliphatic hydroxyl groups is 1. The second-order valence-electron chi connectivity index (χ2n) is 5.83. The van der Waals surface area contributed by atoms with E-state index >= 15 is 0 Å². The van der Waals surface area contributed by atoms with Gasteiger partial charge in [-0.1, -0.05) is 54.6 Å². The van der Waals surface area contributed by atoms with Gasteiger partial charge in [0.05, 0.1) is 0 Å². The molecule has 1 aliphatic heterocycles. The zero-order chi connectivity index (χ0) is 14.5. The van der Waals surface area contributed by atoms with Gasteiger partial charge in [0, 0.05) is 25.6 Å². The molecule has 3 rings (SSSR count). The Labute approximate surface area is 127 Å². The van der Waals surface area contributed by atoms with Crippen molar-refractivity contribution < 1.29 is 5.11 Å². The van der Waals surface area contributed by atoms with Crippen LogP contribution in [0.3, 0.4) is 0 Å². The fourth-order valence-electron chi connectivity index (χ4n) is 3.27. The zero-order valence-corrected chi connectivity index (χ0v) is 12.4. The first-order valence-corrected chi connectivity index (χ1v) is 7.84. The number of hydrogen-bond acceptors (Lipinski definition) is 2. The van der Waals surface area contributed by atoms with Gasteiger partial charge < -0.3 is 5.11 Å². The van der Waals surface area contributed by atoms with E-state index in [-0.39, 0.29) is 0 Å². The average molecular weight is 281 g/mol. The van der Waals surface area contributed by atoms with Gasteiger partial charge in [0.25, 0.3) is 0 Å². The second kappa shape index (κ2) is 6.88. The normalized spacial score (nSPS) is 18.4. The van der Waals surface area contributed by atoms with Gasteiger partial charge >= 0.3 is 0 Å². The van der Waals surface area contributed by atoms with E-state index in [0.29, 0.717) is 12.5 Å². The van der Waals surface area contributed by atoms with E-state index in [0.717, 1.165) is 32.5 Å². The van der Waals surface area contributed by atoms with Crippen LogP contribution in [0.1, 0.15) is 35.4 Å². The molecular formula is C19H23NO. The maximum Gasteiger partial charge on any atom is 0.0431 e. The maximum absolute atomic E-state index is 8.96. The van der Waals surface area contributed by atoms with Crippen molar-refractivity contribution in [2.45, 2.75) is 25.3 Å². The summed E-state index contributed by atoms with van der Waals surface area (Å²) >= 11 is 0. The molecule has 0 saturated heterocycles. The lowest BCUT2D eigenvalue weighted by Crippen LogP contribution is -2.34. The largest absolute Gasteiger partial charge is 0.396 e. The third-order valence-electron chi connectivity index (χ3n) is 4.35. The monoisotopic (exact) mass is 281 g/mol. The molecule has 0 aliphatic carbocycles. The average Bonchev–Trinajstić information content (AvgIpc) is 2.55. The van der Waals surface area contributed by atoms with Gasteiger partial charge in [-0.15, -0.1) is 0 Å². The van der Waals surface area contributed by atoms with Gasteiger partial charge in [0.15, 0.2) is 0 Å². The molecule has 0 radical (unpaired) electrons. The summed E-state index contributed by atoms with van der Waals surface area (Å²) in [5, 5.41) is 8.96. The lowest BCUT2D eigenvalue weighted by atomic mass is 9.84. The molecule has 110 valence electrons. The van der Waals surface area contributed by atoms with E-state index in [2.05, 4.69) is 59.5 Å². The van der Waals surface area contributed by atoms with Gasteiger partial charge in [0.2, 0.25) is 0 Å². The molecule has 2 nitrogen and oxygen atoms in total. The summed E-state index contributed by atoms with van der Waals surface area (Å²) in [5.41, 5.74) is 4.32. The van der Waals surface area contributed by atoms with Gasteiger partial charge in [0.1, 0.15) is 0 Å². The highest BCUT2D eigenvalue weighted by Gasteiger charge is 2.25. The van der Waals surface area contributed by atoms with Crippen LogP contribution >= 0.6 is 0 Å². The van der Waals surface area contributed by atoms with Crippen molar-refractivity contribution in [2.24, 2.45) is 0 Å². The Bertz CT molecular complexity index is 567. The minimum Gasteiger partial charge on any atom is -0.396 e. The minimum atomic E-state index is 0.298. The molecule has 0 amide bonds. The fraction of sp³-hybridized carbons (Fsp3) is 0.368. The quantitative estimate of drug-likeness (QED) is 0.849. The molecule has 21 heavy (non-hydrogen) atoms. The second-order valence-corrected chi connectivity index (χ2v) is 5.83. The predicted molar refractivity (Wildman–Crippen MR) is 86.3 cm³/mol. The minimum absolute atomic E-state index is 0.298. The van der Waals surface area contributed by atoms with E-state index in [9.17, 15) is 0 Å². The topological polar surface area (TPSA) is 23.5 Å². The van der Waals surface area contributed by atoms with Crippen LogP contribution in [0.15, 0.2) is 54.6 Å². The number of benzene rings is 2. The molecule has 2 aromatic carbocycles. The number of hydrogen-bond donors (Lipinski definition) is 1. The van der Waals surface area contributed by atoms with Crippen LogP contribution in [-0.2, 0) is 6.54 Å². The maximum atomic E-state index is 8.96. The van der Waals surface area contributed by atoms with Gasteiger partial charge in [-0.3, -0.25) is 4.90 Å². The SMILES string of the molecule is OCCCCN1Cc2ccccc2C(c2ccccc2)C1. The van der Waals surface area contributed by atoms with Crippen LogP contribution in [0.25, 0.3) is 0 Å². The summed E-state index contributed by atoms with van der Waals surface area (Å²) in [5.74, 6) is 0.463. The summed E-state index contributed by atoms with van der Waals surface area (Å²) in [4.78, 5) is 2.52. The number of fused-ring (bicyclic) bond motifs is 1. The highest BCUT2D eigenvalue weighted by Crippen LogP contribution is 2.33. The number of nitrogens with zero attached hydrogens (tertiary/aromatic N) is 1. The predicted octanol–water partition coefficient (Wildman–Crippen LogP) is 3.41. The molecule has 1 aliphatic rings. The van der Waals surface area contributed by atoms with Crippen LogP contribution in [0.4, 0.5) is 0 Å². The van der Waals surface area contributed by atoms with E-state index in [4.69, 9.17) is 5.11 Å². The molecule has 0 spiro atoms. The Hall–Kier alpha value is -1.64. The lowest BCUT2D eigenvalue weighted by molar-refractivity contribution is 0.220. The van der Waals surface area contributed by atoms with Crippen molar-refractivity contribution >= 4 is 0 Å². The first-order valence-electron chi connectivity index (χ1n) is 7.84. The molecule has 1 atom stereocenters. The molecule has 0 bridgehead atoms. The van der Waals surface area contributed by atoms with E-state index < -0.39 is 0 Å². The molecule has 1 N–H and O–H groups in total. The Morgan fingerprint density at radius 3 is 2.52 bits per heavy atom.